The third kappa shape index (κ3) is 1.90. The van der Waals surface area contributed by atoms with Crippen molar-refractivity contribution < 1.29 is 4.79 Å². The van der Waals surface area contributed by atoms with Gasteiger partial charge in [0.1, 0.15) is 5.69 Å². The number of carbonyl (C=O) groups is 1. The molecule has 0 saturated carbocycles. The maximum atomic E-state index is 12.3. The number of aryl methyl sites for hydroxylation is 1. The molecule has 2 rings (SSSR count). The lowest BCUT2D eigenvalue weighted by Gasteiger charge is -2.11. The SMILES string of the molecule is CCn1c(C(=O)NC)cc2ccc(C)cc2c1=O. The molecule has 0 saturated heterocycles. The third-order valence-electron chi connectivity index (χ3n) is 3.04. The van der Waals surface area contributed by atoms with Crippen LogP contribution in [-0.2, 0) is 6.54 Å². The zero-order chi connectivity index (χ0) is 13.3. The number of nitrogens with zero attached hydrogens (tertiary/aromatic N) is 1. The molecule has 0 aliphatic rings. The summed E-state index contributed by atoms with van der Waals surface area (Å²) in [6, 6.07) is 7.43. The topological polar surface area (TPSA) is 51.1 Å². The number of hydrogen-bond acceptors (Lipinski definition) is 2. The monoisotopic (exact) mass is 244 g/mol. The van der Waals surface area contributed by atoms with Crippen molar-refractivity contribution in [3.8, 4) is 0 Å². The van der Waals surface area contributed by atoms with E-state index in [0.29, 0.717) is 17.6 Å². The summed E-state index contributed by atoms with van der Waals surface area (Å²) in [5.74, 6) is -0.239. The summed E-state index contributed by atoms with van der Waals surface area (Å²) in [7, 11) is 1.56. The van der Waals surface area contributed by atoms with Gasteiger partial charge in [-0.1, -0.05) is 17.7 Å². The van der Waals surface area contributed by atoms with Crippen molar-refractivity contribution in [1.82, 2.24) is 9.88 Å². The minimum Gasteiger partial charge on any atom is -0.354 e. The van der Waals surface area contributed by atoms with E-state index in [0.717, 1.165) is 10.9 Å². The highest BCUT2D eigenvalue weighted by molar-refractivity contribution is 5.96. The number of aromatic nitrogens is 1. The van der Waals surface area contributed by atoms with Gasteiger partial charge in [-0.2, -0.15) is 0 Å². The van der Waals surface area contributed by atoms with Crippen molar-refractivity contribution in [2.45, 2.75) is 20.4 Å². The van der Waals surface area contributed by atoms with Gasteiger partial charge in [0, 0.05) is 19.0 Å². The molecule has 1 aromatic heterocycles. The predicted octanol–water partition coefficient (Wildman–Crippen LogP) is 1.69. The van der Waals surface area contributed by atoms with Gasteiger partial charge in [0.15, 0.2) is 0 Å². The highest BCUT2D eigenvalue weighted by Crippen LogP contribution is 2.14. The van der Waals surface area contributed by atoms with Gasteiger partial charge in [-0.05, 0) is 31.4 Å². The van der Waals surface area contributed by atoms with E-state index < -0.39 is 0 Å². The molecule has 0 fully saturated rings. The highest BCUT2D eigenvalue weighted by Gasteiger charge is 2.13. The summed E-state index contributed by atoms with van der Waals surface area (Å²) < 4.78 is 1.50. The largest absolute Gasteiger partial charge is 0.354 e. The third-order valence-corrected chi connectivity index (χ3v) is 3.04. The molecule has 0 bridgehead atoms. The van der Waals surface area contributed by atoms with Crippen LogP contribution in [0.3, 0.4) is 0 Å². The van der Waals surface area contributed by atoms with Crippen LogP contribution in [0.25, 0.3) is 10.8 Å². The Labute approximate surface area is 105 Å². The number of fused-ring (bicyclic) bond motifs is 1. The van der Waals surface area contributed by atoms with Crippen LogP contribution in [-0.4, -0.2) is 17.5 Å². The van der Waals surface area contributed by atoms with Gasteiger partial charge >= 0.3 is 0 Å². The van der Waals surface area contributed by atoms with Gasteiger partial charge in [-0.25, -0.2) is 0 Å². The Morgan fingerprint density at radius 1 is 1.33 bits per heavy atom. The fourth-order valence-corrected chi connectivity index (χ4v) is 2.09. The van der Waals surface area contributed by atoms with E-state index in [9.17, 15) is 9.59 Å². The van der Waals surface area contributed by atoms with Crippen molar-refractivity contribution >= 4 is 16.7 Å². The molecular formula is C14H16N2O2. The van der Waals surface area contributed by atoms with Crippen molar-refractivity contribution in [2.24, 2.45) is 0 Å². The van der Waals surface area contributed by atoms with E-state index in [4.69, 9.17) is 0 Å². The summed E-state index contributed by atoms with van der Waals surface area (Å²) in [4.78, 5) is 24.1. The number of nitrogens with one attached hydrogen (secondary N) is 1. The molecule has 0 radical (unpaired) electrons. The normalized spacial score (nSPS) is 10.6. The van der Waals surface area contributed by atoms with E-state index in [2.05, 4.69) is 5.32 Å². The molecule has 94 valence electrons. The van der Waals surface area contributed by atoms with Gasteiger partial charge in [-0.15, -0.1) is 0 Å². The summed E-state index contributed by atoms with van der Waals surface area (Å²) in [6.45, 7) is 4.28. The van der Waals surface area contributed by atoms with Crippen LogP contribution in [0.5, 0.6) is 0 Å². The number of amides is 1. The number of benzene rings is 1. The average molecular weight is 244 g/mol. The van der Waals surface area contributed by atoms with Crippen LogP contribution in [0, 0.1) is 6.92 Å². The number of carbonyl (C=O) groups excluding carboxylic acids is 1. The fourth-order valence-electron chi connectivity index (χ4n) is 2.09. The van der Waals surface area contributed by atoms with Gasteiger partial charge in [-0.3, -0.25) is 9.59 Å². The van der Waals surface area contributed by atoms with E-state index in [1.165, 1.54) is 4.57 Å². The molecule has 2 aromatic rings. The molecule has 0 atom stereocenters. The second-order valence-electron chi connectivity index (χ2n) is 4.25. The van der Waals surface area contributed by atoms with E-state index in [1.807, 2.05) is 32.0 Å². The fraction of sp³-hybridized carbons (Fsp3) is 0.286. The van der Waals surface area contributed by atoms with Gasteiger partial charge in [0.25, 0.3) is 11.5 Å². The van der Waals surface area contributed by atoms with E-state index in [-0.39, 0.29) is 11.5 Å². The number of rotatable bonds is 2. The lowest BCUT2D eigenvalue weighted by Crippen LogP contribution is -2.30. The number of pyridine rings is 1. The summed E-state index contributed by atoms with van der Waals surface area (Å²) in [5, 5.41) is 4.02. The zero-order valence-corrected chi connectivity index (χ0v) is 10.8. The van der Waals surface area contributed by atoms with E-state index in [1.54, 1.807) is 13.1 Å². The molecule has 0 unspecified atom stereocenters. The van der Waals surface area contributed by atoms with Crippen LogP contribution in [0.2, 0.25) is 0 Å². The Hall–Kier alpha value is -2.10. The zero-order valence-electron chi connectivity index (χ0n) is 10.8. The molecule has 1 aromatic carbocycles. The Morgan fingerprint density at radius 2 is 2.06 bits per heavy atom. The highest BCUT2D eigenvalue weighted by atomic mass is 16.2. The molecule has 4 heteroatoms. The molecule has 4 nitrogen and oxygen atoms in total. The Balaban J connectivity index is 2.86. The first-order valence-electron chi connectivity index (χ1n) is 5.94. The maximum Gasteiger partial charge on any atom is 0.267 e. The average Bonchev–Trinajstić information content (AvgIpc) is 2.38. The van der Waals surface area contributed by atoms with Crippen molar-refractivity contribution in [1.29, 1.82) is 0 Å². The molecular weight excluding hydrogens is 228 g/mol. The first kappa shape index (κ1) is 12.4. The minimum atomic E-state index is -0.239. The summed E-state index contributed by atoms with van der Waals surface area (Å²) in [6.07, 6.45) is 0. The smallest absolute Gasteiger partial charge is 0.267 e. The second-order valence-corrected chi connectivity index (χ2v) is 4.25. The molecule has 0 spiro atoms. The van der Waals surface area contributed by atoms with Gasteiger partial charge in [0.2, 0.25) is 0 Å². The molecule has 18 heavy (non-hydrogen) atoms. The maximum absolute atomic E-state index is 12.3. The van der Waals surface area contributed by atoms with Crippen LogP contribution < -0.4 is 10.9 Å². The first-order chi connectivity index (χ1) is 8.58. The van der Waals surface area contributed by atoms with Gasteiger partial charge < -0.3 is 9.88 Å². The molecule has 1 N–H and O–H groups in total. The summed E-state index contributed by atoms with van der Waals surface area (Å²) in [5.41, 5.74) is 1.33. The van der Waals surface area contributed by atoms with Crippen molar-refractivity contribution in [3.05, 3.63) is 45.9 Å². The molecule has 0 aliphatic heterocycles. The number of hydrogen-bond donors (Lipinski definition) is 1. The van der Waals surface area contributed by atoms with Crippen LogP contribution in [0.4, 0.5) is 0 Å². The van der Waals surface area contributed by atoms with Crippen molar-refractivity contribution in [3.63, 3.8) is 0 Å². The van der Waals surface area contributed by atoms with Crippen LogP contribution in [0.15, 0.2) is 29.1 Å². The predicted molar refractivity (Wildman–Crippen MR) is 72.0 cm³/mol. The van der Waals surface area contributed by atoms with Crippen LogP contribution in [0.1, 0.15) is 23.0 Å². The quantitative estimate of drug-likeness (QED) is 0.874. The Morgan fingerprint density at radius 3 is 2.67 bits per heavy atom. The molecule has 1 heterocycles. The lowest BCUT2D eigenvalue weighted by molar-refractivity contribution is 0.0953. The van der Waals surface area contributed by atoms with Crippen LogP contribution >= 0.6 is 0 Å². The second kappa shape index (κ2) is 4.64. The summed E-state index contributed by atoms with van der Waals surface area (Å²) >= 11 is 0. The first-order valence-corrected chi connectivity index (χ1v) is 5.94. The Bertz CT molecular complexity index is 671. The lowest BCUT2D eigenvalue weighted by atomic mass is 10.1. The van der Waals surface area contributed by atoms with Gasteiger partial charge in [0.05, 0.1) is 0 Å². The van der Waals surface area contributed by atoms with Crippen molar-refractivity contribution in [2.75, 3.05) is 7.05 Å². The molecule has 0 aliphatic carbocycles. The standard InChI is InChI=1S/C14H16N2O2/c1-4-16-12(13(17)15-3)8-10-6-5-9(2)7-11(10)14(16)18/h5-8H,4H2,1-3H3,(H,15,17). The molecule has 1 amide bonds. The Kier molecular flexibility index (Phi) is 3.19. The van der Waals surface area contributed by atoms with E-state index >= 15 is 0 Å². The minimum absolute atomic E-state index is 0.114.